The molecule has 2 aromatic carbocycles. The van der Waals surface area contributed by atoms with E-state index in [0.29, 0.717) is 35.9 Å². The lowest BCUT2D eigenvalue weighted by molar-refractivity contribution is -0.117. The number of halogens is 1. The first-order valence-corrected chi connectivity index (χ1v) is 9.67. The van der Waals surface area contributed by atoms with Gasteiger partial charge in [-0.3, -0.25) is 4.79 Å². The molecule has 3 aromatic rings. The summed E-state index contributed by atoms with van der Waals surface area (Å²) in [6, 6.07) is 21.6. The van der Waals surface area contributed by atoms with Crippen molar-refractivity contribution >= 4 is 23.6 Å². The number of nitriles is 1. The van der Waals surface area contributed by atoms with Crippen LogP contribution in [0.3, 0.4) is 0 Å². The third-order valence-electron chi connectivity index (χ3n) is 4.48. The number of carbonyl (C=O) groups excluding carboxylic acids is 1. The van der Waals surface area contributed by atoms with E-state index in [9.17, 15) is 10.1 Å². The maximum Gasteiger partial charge on any atom is 0.261 e. The van der Waals surface area contributed by atoms with Crippen LogP contribution in [0, 0.1) is 18.3 Å². The second-order valence-electron chi connectivity index (χ2n) is 6.59. The minimum Gasteiger partial charge on any atom is -0.351 e. The fourth-order valence-corrected chi connectivity index (χ4v) is 3.23. The van der Waals surface area contributed by atoms with Gasteiger partial charge in [0.05, 0.1) is 12.2 Å². The van der Waals surface area contributed by atoms with Crippen molar-refractivity contribution in [2.24, 2.45) is 0 Å². The molecule has 1 heterocycles. The van der Waals surface area contributed by atoms with E-state index < -0.39 is 5.91 Å². The molecule has 1 amide bonds. The smallest absolute Gasteiger partial charge is 0.261 e. The molecule has 5 nitrogen and oxygen atoms in total. The molecule has 1 aromatic heterocycles. The summed E-state index contributed by atoms with van der Waals surface area (Å²) < 4.78 is 1.67. The van der Waals surface area contributed by atoms with Gasteiger partial charge < -0.3 is 5.32 Å². The Morgan fingerprint density at radius 3 is 2.38 bits per heavy atom. The van der Waals surface area contributed by atoms with Gasteiger partial charge in [-0.2, -0.15) is 10.4 Å². The Balaban J connectivity index is 1.71. The van der Waals surface area contributed by atoms with Gasteiger partial charge in [-0.15, -0.1) is 0 Å². The van der Waals surface area contributed by atoms with E-state index >= 15 is 0 Å². The van der Waals surface area contributed by atoms with Crippen molar-refractivity contribution in [3.8, 4) is 6.07 Å². The van der Waals surface area contributed by atoms with Gasteiger partial charge in [-0.05, 0) is 30.5 Å². The molecule has 0 saturated heterocycles. The Labute approximate surface area is 175 Å². The maximum atomic E-state index is 12.4. The predicted octanol–water partition coefficient (Wildman–Crippen LogP) is 4.16. The summed E-state index contributed by atoms with van der Waals surface area (Å²) in [7, 11) is 0. The van der Waals surface area contributed by atoms with Gasteiger partial charge in [-0.1, -0.05) is 72.3 Å². The second kappa shape index (κ2) is 9.72. The Bertz CT molecular complexity index is 1050. The highest BCUT2D eigenvalue weighted by atomic mass is 35.5. The summed E-state index contributed by atoms with van der Waals surface area (Å²) in [5.74, 6) is -0.422. The van der Waals surface area contributed by atoms with E-state index in [2.05, 4.69) is 10.4 Å². The average molecular weight is 405 g/mol. The number of carbonyl (C=O) groups is 1. The number of benzene rings is 2. The number of nitrogens with zero attached hydrogens (tertiary/aromatic N) is 3. The van der Waals surface area contributed by atoms with Crippen molar-refractivity contribution in [3.63, 3.8) is 0 Å². The summed E-state index contributed by atoms with van der Waals surface area (Å²) in [6.45, 7) is 2.77. The van der Waals surface area contributed by atoms with Crippen LogP contribution in [0.1, 0.15) is 22.4 Å². The molecule has 6 heteroatoms. The van der Waals surface area contributed by atoms with Crippen molar-refractivity contribution in [1.29, 1.82) is 5.26 Å². The van der Waals surface area contributed by atoms with Gasteiger partial charge in [-0.25, -0.2) is 4.68 Å². The first kappa shape index (κ1) is 20.4. The lowest BCUT2D eigenvalue weighted by Crippen LogP contribution is -2.26. The van der Waals surface area contributed by atoms with E-state index in [0.717, 1.165) is 11.1 Å². The van der Waals surface area contributed by atoms with Crippen LogP contribution in [0.5, 0.6) is 0 Å². The topological polar surface area (TPSA) is 70.7 Å². The molecule has 0 spiro atoms. The molecular formula is C23H21ClN4O. The largest absolute Gasteiger partial charge is 0.351 e. The van der Waals surface area contributed by atoms with Gasteiger partial charge in [0.25, 0.3) is 5.91 Å². The molecule has 0 aliphatic rings. The number of rotatable bonds is 7. The molecule has 0 atom stereocenters. The lowest BCUT2D eigenvalue weighted by Gasteiger charge is -2.05. The van der Waals surface area contributed by atoms with Crippen LogP contribution >= 0.6 is 11.6 Å². The maximum absolute atomic E-state index is 12.4. The highest BCUT2D eigenvalue weighted by Crippen LogP contribution is 2.23. The summed E-state index contributed by atoms with van der Waals surface area (Å²) in [6.07, 6.45) is 2.20. The van der Waals surface area contributed by atoms with Crippen molar-refractivity contribution < 1.29 is 4.79 Å². The normalized spacial score (nSPS) is 11.1. The summed E-state index contributed by atoms with van der Waals surface area (Å²) in [4.78, 5) is 12.4. The molecule has 0 saturated carbocycles. The third kappa shape index (κ3) is 5.34. The summed E-state index contributed by atoms with van der Waals surface area (Å²) in [5, 5.41) is 17.1. The molecule has 3 rings (SSSR count). The predicted molar refractivity (Wildman–Crippen MR) is 114 cm³/mol. The molecule has 146 valence electrons. The zero-order chi connectivity index (χ0) is 20.6. The quantitative estimate of drug-likeness (QED) is 0.474. The van der Waals surface area contributed by atoms with E-state index in [4.69, 9.17) is 11.6 Å². The number of nitrogens with one attached hydrogen (secondary N) is 1. The van der Waals surface area contributed by atoms with E-state index in [1.54, 1.807) is 4.68 Å². The van der Waals surface area contributed by atoms with Crippen LogP contribution in [-0.2, 0) is 17.8 Å². The average Bonchev–Trinajstić information content (AvgIpc) is 3.00. The van der Waals surface area contributed by atoms with Crippen LogP contribution in [0.4, 0.5) is 0 Å². The second-order valence-corrected chi connectivity index (χ2v) is 6.95. The number of aromatic nitrogens is 2. The van der Waals surface area contributed by atoms with Gasteiger partial charge in [0.15, 0.2) is 0 Å². The van der Waals surface area contributed by atoms with E-state index in [1.807, 2.05) is 73.7 Å². The van der Waals surface area contributed by atoms with Gasteiger partial charge in [0.1, 0.15) is 16.8 Å². The number of aryl methyl sites for hydroxylation is 1. The zero-order valence-corrected chi connectivity index (χ0v) is 16.9. The molecule has 0 unspecified atom stereocenters. The Hall–Kier alpha value is -3.36. The van der Waals surface area contributed by atoms with Crippen LogP contribution in [0.15, 0.2) is 66.2 Å². The van der Waals surface area contributed by atoms with Crippen molar-refractivity contribution in [2.45, 2.75) is 19.9 Å². The summed E-state index contributed by atoms with van der Waals surface area (Å²) in [5.41, 5.74) is 3.43. The third-order valence-corrected chi connectivity index (χ3v) is 4.88. The minimum absolute atomic E-state index is 0.00215. The molecule has 1 N–H and O–H groups in total. The van der Waals surface area contributed by atoms with Crippen LogP contribution in [0.2, 0.25) is 5.15 Å². The zero-order valence-electron chi connectivity index (χ0n) is 16.1. The highest BCUT2D eigenvalue weighted by Gasteiger charge is 2.16. The highest BCUT2D eigenvalue weighted by molar-refractivity contribution is 6.31. The standard InChI is InChI=1S/C23H21ClN4O/c1-17-21(22(24)28(27-17)16-19-10-6-3-7-11-19)14-20(15-25)23(29)26-13-12-18-8-4-2-5-9-18/h2-11,14H,12-13,16H2,1H3,(H,26,29)/b20-14+. The van der Waals surface area contributed by atoms with Crippen molar-refractivity contribution in [1.82, 2.24) is 15.1 Å². The molecule has 0 radical (unpaired) electrons. The number of hydrogen-bond donors (Lipinski definition) is 1. The number of hydrogen-bond acceptors (Lipinski definition) is 3. The lowest BCUT2D eigenvalue weighted by atomic mass is 10.1. The van der Waals surface area contributed by atoms with Crippen LogP contribution in [-0.4, -0.2) is 22.2 Å². The van der Waals surface area contributed by atoms with Crippen molar-refractivity contribution in [3.05, 3.63) is 93.8 Å². The fraction of sp³-hybridized carbons (Fsp3) is 0.174. The monoisotopic (exact) mass is 404 g/mol. The van der Waals surface area contributed by atoms with Crippen LogP contribution in [0.25, 0.3) is 6.08 Å². The first-order chi connectivity index (χ1) is 14.1. The molecule has 0 bridgehead atoms. The SMILES string of the molecule is Cc1nn(Cc2ccccc2)c(Cl)c1/C=C(\C#N)C(=O)NCCc1ccccc1. The van der Waals surface area contributed by atoms with E-state index in [1.165, 1.54) is 6.08 Å². The Morgan fingerprint density at radius 2 is 1.76 bits per heavy atom. The minimum atomic E-state index is -0.422. The fourth-order valence-electron chi connectivity index (χ4n) is 2.95. The van der Waals surface area contributed by atoms with E-state index in [-0.39, 0.29) is 5.57 Å². The van der Waals surface area contributed by atoms with Gasteiger partial charge in [0.2, 0.25) is 0 Å². The van der Waals surface area contributed by atoms with Gasteiger partial charge >= 0.3 is 0 Å². The summed E-state index contributed by atoms with van der Waals surface area (Å²) >= 11 is 6.48. The first-order valence-electron chi connectivity index (χ1n) is 9.29. The Kier molecular flexibility index (Phi) is 6.83. The Morgan fingerprint density at radius 1 is 1.14 bits per heavy atom. The molecule has 0 aliphatic heterocycles. The van der Waals surface area contributed by atoms with Crippen molar-refractivity contribution in [2.75, 3.05) is 6.54 Å². The molecule has 0 fully saturated rings. The van der Waals surface area contributed by atoms with Gasteiger partial charge in [0, 0.05) is 12.1 Å². The molecule has 29 heavy (non-hydrogen) atoms. The molecule has 0 aliphatic carbocycles. The van der Waals surface area contributed by atoms with Crippen LogP contribution < -0.4 is 5.32 Å². The number of amides is 1. The molecular weight excluding hydrogens is 384 g/mol.